The number of nitrogens with one attached hydrogen (secondary N) is 2. The highest BCUT2D eigenvalue weighted by Gasteiger charge is 2.08. The second-order valence-corrected chi connectivity index (χ2v) is 3.47. The third-order valence-electron chi connectivity index (χ3n) is 2.11. The summed E-state index contributed by atoms with van der Waals surface area (Å²) in [6, 6.07) is 3.79. The van der Waals surface area contributed by atoms with Gasteiger partial charge >= 0.3 is 0 Å². The van der Waals surface area contributed by atoms with Crippen LogP contribution in [-0.4, -0.2) is 19.0 Å². The number of furan rings is 1. The highest BCUT2D eigenvalue weighted by molar-refractivity contribution is 5.77. The molecule has 2 N–H and O–H groups in total. The minimum absolute atomic E-state index is 0.0234. The van der Waals surface area contributed by atoms with Gasteiger partial charge in [-0.2, -0.15) is 0 Å². The molecule has 0 bridgehead atoms. The van der Waals surface area contributed by atoms with Crippen LogP contribution in [0.3, 0.4) is 0 Å². The van der Waals surface area contributed by atoms with Gasteiger partial charge in [0.05, 0.1) is 18.8 Å². The van der Waals surface area contributed by atoms with Gasteiger partial charge in [0, 0.05) is 6.54 Å². The Labute approximate surface area is 90.0 Å². The molecule has 0 aliphatic heterocycles. The van der Waals surface area contributed by atoms with E-state index in [0.29, 0.717) is 6.54 Å². The first-order valence-corrected chi connectivity index (χ1v) is 5.27. The molecule has 4 heteroatoms. The van der Waals surface area contributed by atoms with Crippen molar-refractivity contribution in [3.8, 4) is 0 Å². The molecule has 4 nitrogen and oxygen atoms in total. The van der Waals surface area contributed by atoms with Gasteiger partial charge in [-0.1, -0.05) is 6.92 Å². The van der Waals surface area contributed by atoms with Gasteiger partial charge in [0.1, 0.15) is 5.76 Å². The molecule has 0 radical (unpaired) electrons. The van der Waals surface area contributed by atoms with Gasteiger partial charge < -0.3 is 9.73 Å². The van der Waals surface area contributed by atoms with Crippen molar-refractivity contribution in [2.45, 2.75) is 26.3 Å². The SMILES string of the molecule is CCCNC(=O)CN[C@H](C)c1ccco1. The van der Waals surface area contributed by atoms with Crippen molar-refractivity contribution in [2.75, 3.05) is 13.1 Å². The Bertz CT molecular complexity index is 283. The molecular weight excluding hydrogens is 192 g/mol. The van der Waals surface area contributed by atoms with E-state index in [0.717, 1.165) is 18.7 Å². The lowest BCUT2D eigenvalue weighted by Gasteiger charge is -2.10. The molecule has 0 aliphatic rings. The molecule has 0 aromatic carbocycles. The van der Waals surface area contributed by atoms with Gasteiger partial charge in [0.2, 0.25) is 5.91 Å². The first kappa shape index (κ1) is 11.8. The Kier molecular flexibility index (Phi) is 4.90. The van der Waals surface area contributed by atoms with Gasteiger partial charge in [-0.3, -0.25) is 10.1 Å². The summed E-state index contributed by atoms with van der Waals surface area (Å²) in [5.74, 6) is 0.869. The smallest absolute Gasteiger partial charge is 0.233 e. The zero-order valence-electron chi connectivity index (χ0n) is 9.25. The predicted octanol–water partition coefficient (Wildman–Crippen LogP) is 1.46. The van der Waals surface area contributed by atoms with Crippen LogP contribution >= 0.6 is 0 Å². The Morgan fingerprint density at radius 3 is 3.00 bits per heavy atom. The minimum Gasteiger partial charge on any atom is -0.468 e. The van der Waals surface area contributed by atoms with Crippen LogP contribution in [0.25, 0.3) is 0 Å². The Morgan fingerprint density at radius 2 is 2.40 bits per heavy atom. The average Bonchev–Trinajstić information content (AvgIpc) is 2.76. The lowest BCUT2D eigenvalue weighted by Crippen LogP contribution is -2.35. The van der Waals surface area contributed by atoms with Crippen molar-refractivity contribution in [1.29, 1.82) is 0 Å². The first-order valence-electron chi connectivity index (χ1n) is 5.27. The maximum atomic E-state index is 11.3. The summed E-state index contributed by atoms with van der Waals surface area (Å²) < 4.78 is 5.21. The van der Waals surface area contributed by atoms with E-state index in [1.807, 2.05) is 26.0 Å². The van der Waals surface area contributed by atoms with Crippen LogP contribution < -0.4 is 10.6 Å². The summed E-state index contributed by atoms with van der Waals surface area (Å²) in [6.07, 6.45) is 2.59. The molecule has 0 aliphatic carbocycles. The zero-order valence-corrected chi connectivity index (χ0v) is 9.25. The third-order valence-corrected chi connectivity index (χ3v) is 2.11. The van der Waals surface area contributed by atoms with E-state index in [1.54, 1.807) is 6.26 Å². The van der Waals surface area contributed by atoms with E-state index in [1.165, 1.54) is 0 Å². The van der Waals surface area contributed by atoms with E-state index in [2.05, 4.69) is 10.6 Å². The summed E-state index contributed by atoms with van der Waals surface area (Å²) in [5, 5.41) is 5.89. The summed E-state index contributed by atoms with van der Waals surface area (Å²) in [4.78, 5) is 11.3. The highest BCUT2D eigenvalue weighted by Crippen LogP contribution is 2.11. The van der Waals surface area contributed by atoms with Crippen molar-refractivity contribution in [2.24, 2.45) is 0 Å². The Balaban J connectivity index is 2.22. The Hall–Kier alpha value is -1.29. The van der Waals surface area contributed by atoms with Crippen LogP contribution in [0.5, 0.6) is 0 Å². The van der Waals surface area contributed by atoms with Gasteiger partial charge in [-0.05, 0) is 25.5 Å². The van der Waals surface area contributed by atoms with Crippen molar-refractivity contribution in [3.05, 3.63) is 24.2 Å². The van der Waals surface area contributed by atoms with Gasteiger partial charge in [0.15, 0.2) is 0 Å². The van der Waals surface area contributed by atoms with E-state index in [9.17, 15) is 4.79 Å². The maximum Gasteiger partial charge on any atom is 0.233 e. The van der Waals surface area contributed by atoms with Crippen LogP contribution in [0.15, 0.2) is 22.8 Å². The molecule has 1 aromatic heterocycles. The van der Waals surface area contributed by atoms with Crippen LogP contribution in [0.4, 0.5) is 0 Å². The lowest BCUT2D eigenvalue weighted by atomic mass is 10.2. The van der Waals surface area contributed by atoms with Crippen LogP contribution in [0.2, 0.25) is 0 Å². The lowest BCUT2D eigenvalue weighted by molar-refractivity contribution is -0.120. The van der Waals surface area contributed by atoms with Gasteiger partial charge in [-0.15, -0.1) is 0 Å². The molecule has 0 saturated heterocycles. The second-order valence-electron chi connectivity index (χ2n) is 3.47. The fourth-order valence-corrected chi connectivity index (χ4v) is 1.21. The number of hydrogen-bond donors (Lipinski definition) is 2. The number of rotatable bonds is 6. The Morgan fingerprint density at radius 1 is 1.60 bits per heavy atom. The van der Waals surface area contributed by atoms with Crippen LogP contribution in [0, 0.1) is 0 Å². The molecule has 84 valence electrons. The van der Waals surface area contributed by atoms with E-state index in [4.69, 9.17) is 4.42 Å². The average molecular weight is 210 g/mol. The molecule has 0 unspecified atom stereocenters. The van der Waals surface area contributed by atoms with Crippen LogP contribution in [-0.2, 0) is 4.79 Å². The summed E-state index contributed by atoms with van der Waals surface area (Å²) in [5.41, 5.74) is 0. The number of carbonyl (C=O) groups is 1. The molecule has 1 atom stereocenters. The van der Waals surface area contributed by atoms with E-state index < -0.39 is 0 Å². The molecule has 1 amide bonds. The van der Waals surface area contributed by atoms with Crippen molar-refractivity contribution < 1.29 is 9.21 Å². The van der Waals surface area contributed by atoms with Crippen LogP contribution in [0.1, 0.15) is 32.1 Å². The molecule has 0 saturated carbocycles. The molecule has 15 heavy (non-hydrogen) atoms. The number of carbonyl (C=O) groups excluding carboxylic acids is 1. The van der Waals surface area contributed by atoms with E-state index in [-0.39, 0.29) is 11.9 Å². The van der Waals surface area contributed by atoms with Crippen molar-refractivity contribution in [3.63, 3.8) is 0 Å². The third kappa shape index (κ3) is 4.16. The molecule has 1 rings (SSSR count). The largest absolute Gasteiger partial charge is 0.468 e. The topological polar surface area (TPSA) is 54.3 Å². The summed E-state index contributed by atoms with van der Waals surface area (Å²) in [7, 11) is 0. The molecule has 0 spiro atoms. The minimum atomic E-state index is 0.0234. The van der Waals surface area contributed by atoms with Crippen molar-refractivity contribution >= 4 is 5.91 Å². The quantitative estimate of drug-likeness (QED) is 0.747. The first-order chi connectivity index (χ1) is 7.24. The highest BCUT2D eigenvalue weighted by atomic mass is 16.3. The molecular formula is C11H18N2O2. The predicted molar refractivity (Wildman–Crippen MR) is 58.4 cm³/mol. The maximum absolute atomic E-state index is 11.3. The van der Waals surface area contributed by atoms with E-state index >= 15 is 0 Å². The van der Waals surface area contributed by atoms with Gasteiger partial charge in [-0.25, -0.2) is 0 Å². The molecule has 1 heterocycles. The zero-order chi connectivity index (χ0) is 11.1. The monoisotopic (exact) mass is 210 g/mol. The van der Waals surface area contributed by atoms with Gasteiger partial charge in [0.25, 0.3) is 0 Å². The fraction of sp³-hybridized carbons (Fsp3) is 0.545. The number of hydrogen-bond acceptors (Lipinski definition) is 3. The standard InChI is InChI=1S/C11H18N2O2/c1-3-6-12-11(14)8-13-9(2)10-5-4-7-15-10/h4-5,7,9,13H,3,6,8H2,1-2H3,(H,12,14)/t9-/m1/s1. The number of amides is 1. The summed E-state index contributed by atoms with van der Waals surface area (Å²) >= 11 is 0. The van der Waals surface area contributed by atoms with Crippen molar-refractivity contribution in [1.82, 2.24) is 10.6 Å². The fourth-order valence-electron chi connectivity index (χ4n) is 1.21. The normalized spacial score (nSPS) is 12.4. The molecule has 0 fully saturated rings. The second kappa shape index (κ2) is 6.24. The molecule has 1 aromatic rings. The summed E-state index contributed by atoms with van der Waals surface area (Å²) in [6.45, 7) is 5.04.